The Balaban J connectivity index is 2.73. The average Bonchev–Trinajstić information content (AvgIpc) is 2.36. The Morgan fingerprint density at radius 3 is 2.53 bits per heavy atom. The summed E-state index contributed by atoms with van der Waals surface area (Å²) in [6.07, 6.45) is 3.51. The number of sulfonamides is 1. The zero-order chi connectivity index (χ0) is 14.3. The van der Waals surface area contributed by atoms with Gasteiger partial charge in [0.2, 0.25) is 16.0 Å². The molecule has 19 heavy (non-hydrogen) atoms. The lowest BCUT2D eigenvalue weighted by atomic mass is 10.4. The highest BCUT2D eigenvalue weighted by Crippen LogP contribution is 2.08. The molecule has 0 aliphatic rings. The van der Waals surface area contributed by atoms with Gasteiger partial charge >= 0.3 is 0 Å². The molecule has 0 aromatic carbocycles. The van der Waals surface area contributed by atoms with Crippen molar-refractivity contribution in [2.75, 3.05) is 25.6 Å². The Hall–Kier alpha value is -1.25. The zero-order valence-electron chi connectivity index (χ0n) is 11.4. The van der Waals surface area contributed by atoms with Crippen LogP contribution in [-0.4, -0.2) is 44.7 Å². The second-order valence-corrected chi connectivity index (χ2v) is 5.86. The predicted octanol–water partition coefficient (Wildman–Crippen LogP) is 0.612. The van der Waals surface area contributed by atoms with E-state index in [1.54, 1.807) is 6.92 Å². The van der Waals surface area contributed by atoms with Crippen molar-refractivity contribution in [3.05, 3.63) is 12.4 Å². The normalized spacial score (nSPS) is 13.2. The van der Waals surface area contributed by atoms with E-state index in [0.29, 0.717) is 12.6 Å². The first-order valence-corrected chi connectivity index (χ1v) is 7.55. The summed E-state index contributed by atoms with van der Waals surface area (Å²) in [7, 11) is -2.09. The van der Waals surface area contributed by atoms with Gasteiger partial charge in [-0.1, -0.05) is 6.92 Å². The van der Waals surface area contributed by atoms with Gasteiger partial charge in [0.1, 0.15) is 4.90 Å². The van der Waals surface area contributed by atoms with Crippen LogP contribution < -0.4 is 10.0 Å². The molecule has 0 radical (unpaired) electrons. The van der Waals surface area contributed by atoms with Crippen LogP contribution in [-0.2, 0) is 14.8 Å². The lowest BCUT2D eigenvalue weighted by Gasteiger charge is -2.13. The van der Waals surface area contributed by atoms with E-state index in [1.165, 1.54) is 19.5 Å². The van der Waals surface area contributed by atoms with Crippen molar-refractivity contribution in [1.82, 2.24) is 14.7 Å². The molecule has 0 aliphatic heterocycles. The van der Waals surface area contributed by atoms with E-state index < -0.39 is 10.0 Å². The number of rotatable bonds is 8. The van der Waals surface area contributed by atoms with Gasteiger partial charge < -0.3 is 10.1 Å². The molecule has 0 saturated heterocycles. The van der Waals surface area contributed by atoms with Crippen LogP contribution in [0.5, 0.6) is 0 Å². The van der Waals surface area contributed by atoms with E-state index in [9.17, 15) is 8.42 Å². The van der Waals surface area contributed by atoms with Crippen LogP contribution in [0.15, 0.2) is 17.3 Å². The Kier molecular flexibility index (Phi) is 6.13. The van der Waals surface area contributed by atoms with Gasteiger partial charge in [-0.25, -0.2) is 23.1 Å². The van der Waals surface area contributed by atoms with E-state index in [1.807, 2.05) is 6.92 Å². The van der Waals surface area contributed by atoms with E-state index in [2.05, 4.69) is 20.0 Å². The van der Waals surface area contributed by atoms with Crippen LogP contribution in [0.1, 0.15) is 20.3 Å². The zero-order valence-corrected chi connectivity index (χ0v) is 12.2. The van der Waals surface area contributed by atoms with Crippen molar-refractivity contribution in [3.8, 4) is 0 Å². The third-order valence-electron chi connectivity index (χ3n) is 2.24. The predicted molar refractivity (Wildman–Crippen MR) is 72.5 cm³/mol. The minimum Gasteiger partial charge on any atom is -0.383 e. The average molecular weight is 288 g/mol. The lowest BCUT2D eigenvalue weighted by Crippen LogP contribution is -2.35. The van der Waals surface area contributed by atoms with Crippen LogP contribution in [0.3, 0.4) is 0 Å². The van der Waals surface area contributed by atoms with Crippen LogP contribution >= 0.6 is 0 Å². The molecule has 1 heterocycles. The molecule has 0 saturated carbocycles. The molecular weight excluding hydrogens is 268 g/mol. The first-order chi connectivity index (χ1) is 8.99. The monoisotopic (exact) mass is 288 g/mol. The second-order valence-electron chi connectivity index (χ2n) is 4.15. The third kappa shape index (κ3) is 5.09. The maximum absolute atomic E-state index is 12.0. The summed E-state index contributed by atoms with van der Waals surface area (Å²) in [4.78, 5) is 7.97. The number of anilines is 1. The highest BCUT2D eigenvalue weighted by atomic mass is 32.2. The topological polar surface area (TPSA) is 93.2 Å². The quantitative estimate of drug-likeness (QED) is 0.728. The number of hydrogen-bond donors (Lipinski definition) is 2. The summed E-state index contributed by atoms with van der Waals surface area (Å²) in [6.45, 7) is 4.79. The maximum atomic E-state index is 12.0. The van der Waals surface area contributed by atoms with Gasteiger partial charge in [0.15, 0.2) is 0 Å². The number of nitrogens with one attached hydrogen (secondary N) is 2. The maximum Gasteiger partial charge on any atom is 0.243 e. The van der Waals surface area contributed by atoms with Crippen molar-refractivity contribution < 1.29 is 13.2 Å². The van der Waals surface area contributed by atoms with Gasteiger partial charge in [-0.2, -0.15) is 0 Å². The first kappa shape index (κ1) is 15.8. The number of methoxy groups -OCH3 is 1. The lowest BCUT2D eigenvalue weighted by molar-refractivity contribution is 0.180. The minimum atomic E-state index is -3.60. The van der Waals surface area contributed by atoms with Crippen LogP contribution in [0, 0.1) is 0 Å². The Morgan fingerprint density at radius 1 is 1.37 bits per heavy atom. The molecule has 0 amide bonds. The SMILES string of the molecule is CCCNc1ncc(S(=O)(=O)NC(C)COC)cn1. The fourth-order valence-electron chi connectivity index (χ4n) is 1.40. The number of ether oxygens (including phenoxy) is 1. The summed E-state index contributed by atoms with van der Waals surface area (Å²) in [6, 6.07) is -0.312. The molecule has 1 atom stereocenters. The molecule has 1 unspecified atom stereocenters. The summed E-state index contributed by atoms with van der Waals surface area (Å²) >= 11 is 0. The molecule has 8 heteroatoms. The molecule has 0 bridgehead atoms. The van der Waals surface area contributed by atoms with E-state index in [0.717, 1.165) is 13.0 Å². The van der Waals surface area contributed by atoms with E-state index in [4.69, 9.17) is 4.74 Å². The van der Waals surface area contributed by atoms with Gasteiger partial charge in [-0.3, -0.25) is 0 Å². The highest BCUT2D eigenvalue weighted by Gasteiger charge is 2.18. The molecule has 1 rings (SSSR count). The van der Waals surface area contributed by atoms with Crippen molar-refractivity contribution in [3.63, 3.8) is 0 Å². The number of aromatic nitrogens is 2. The van der Waals surface area contributed by atoms with Gasteiger partial charge in [-0.15, -0.1) is 0 Å². The fourth-order valence-corrected chi connectivity index (χ4v) is 2.52. The van der Waals surface area contributed by atoms with Crippen molar-refractivity contribution in [2.24, 2.45) is 0 Å². The summed E-state index contributed by atoms with van der Waals surface area (Å²) in [5.41, 5.74) is 0. The summed E-state index contributed by atoms with van der Waals surface area (Å²) < 4.78 is 31.3. The molecular formula is C11H20N4O3S. The molecule has 2 N–H and O–H groups in total. The van der Waals surface area contributed by atoms with Crippen molar-refractivity contribution in [2.45, 2.75) is 31.2 Å². The van der Waals surface area contributed by atoms with E-state index in [-0.39, 0.29) is 10.9 Å². The first-order valence-electron chi connectivity index (χ1n) is 6.06. The Morgan fingerprint density at radius 2 is 2.00 bits per heavy atom. The number of nitrogens with zero attached hydrogens (tertiary/aromatic N) is 2. The Labute approximate surface area is 113 Å². The van der Waals surface area contributed by atoms with Crippen LogP contribution in [0.25, 0.3) is 0 Å². The molecule has 0 spiro atoms. The van der Waals surface area contributed by atoms with Gasteiger partial charge in [-0.05, 0) is 13.3 Å². The largest absolute Gasteiger partial charge is 0.383 e. The fraction of sp³-hybridized carbons (Fsp3) is 0.636. The summed E-state index contributed by atoms with van der Waals surface area (Å²) in [5, 5.41) is 2.98. The second kappa shape index (κ2) is 7.37. The minimum absolute atomic E-state index is 0.0394. The molecule has 7 nitrogen and oxygen atoms in total. The smallest absolute Gasteiger partial charge is 0.243 e. The molecule has 1 aromatic rings. The number of hydrogen-bond acceptors (Lipinski definition) is 6. The standard InChI is InChI=1S/C11H20N4O3S/c1-4-5-12-11-13-6-10(7-14-11)19(16,17)15-9(2)8-18-3/h6-7,9,15H,4-5,8H2,1-3H3,(H,12,13,14). The molecule has 1 aromatic heterocycles. The van der Waals surface area contributed by atoms with Crippen molar-refractivity contribution in [1.29, 1.82) is 0 Å². The molecule has 0 fully saturated rings. The van der Waals surface area contributed by atoms with E-state index >= 15 is 0 Å². The highest BCUT2D eigenvalue weighted by molar-refractivity contribution is 7.89. The van der Waals surface area contributed by atoms with Gasteiger partial charge in [0.05, 0.1) is 19.0 Å². The van der Waals surface area contributed by atoms with Gasteiger partial charge in [0, 0.05) is 19.7 Å². The summed E-state index contributed by atoms with van der Waals surface area (Å²) in [5.74, 6) is 0.422. The third-order valence-corrected chi connectivity index (χ3v) is 3.79. The van der Waals surface area contributed by atoms with Crippen LogP contribution in [0.4, 0.5) is 5.95 Å². The Bertz CT molecular complexity index is 475. The molecule has 108 valence electrons. The molecule has 0 aliphatic carbocycles. The van der Waals surface area contributed by atoms with Gasteiger partial charge in [0.25, 0.3) is 0 Å². The van der Waals surface area contributed by atoms with Crippen LogP contribution in [0.2, 0.25) is 0 Å². The van der Waals surface area contributed by atoms with Crippen molar-refractivity contribution >= 4 is 16.0 Å².